The molecule has 4 aromatic rings. The second kappa shape index (κ2) is 7.44. The number of hydrogen-bond donors (Lipinski definition) is 1. The van der Waals surface area contributed by atoms with Crippen LogP contribution in [0.1, 0.15) is 29.0 Å². The highest BCUT2D eigenvalue weighted by Crippen LogP contribution is 2.29. The molecule has 4 aromatic heterocycles. The summed E-state index contributed by atoms with van der Waals surface area (Å²) < 4.78 is 5.40. The fourth-order valence-corrected chi connectivity index (χ4v) is 3.48. The van der Waals surface area contributed by atoms with Crippen molar-refractivity contribution in [3.63, 3.8) is 0 Å². The van der Waals surface area contributed by atoms with Crippen molar-refractivity contribution in [2.24, 2.45) is 19.8 Å². The number of rotatable bonds is 6. The van der Waals surface area contributed by atoms with Gasteiger partial charge in [-0.05, 0) is 25.5 Å². The molecule has 1 amide bonds. The van der Waals surface area contributed by atoms with Crippen LogP contribution in [0.5, 0.6) is 0 Å². The number of carbonyl (C=O) groups is 1. The Morgan fingerprint density at radius 2 is 2.07 bits per heavy atom. The van der Waals surface area contributed by atoms with Crippen LogP contribution in [0.3, 0.4) is 0 Å². The first-order valence-electron chi connectivity index (χ1n) is 9.47. The van der Waals surface area contributed by atoms with E-state index in [1.54, 1.807) is 24.0 Å². The number of nitrogens with zero attached hydrogens (tertiary/aromatic N) is 8. The molecule has 0 saturated carbocycles. The van der Waals surface area contributed by atoms with Gasteiger partial charge in [0.1, 0.15) is 17.1 Å². The molecule has 0 saturated heterocycles. The second-order valence-electron chi connectivity index (χ2n) is 7.14. The van der Waals surface area contributed by atoms with Crippen LogP contribution in [-0.4, -0.2) is 40.0 Å². The van der Waals surface area contributed by atoms with Crippen molar-refractivity contribution >= 4 is 16.8 Å². The Morgan fingerprint density at radius 1 is 1.27 bits per heavy atom. The summed E-state index contributed by atoms with van der Waals surface area (Å²) in [6.45, 7) is 2.55. The number of carbonyl (C=O) groups excluding carboxylic acids is 1. The summed E-state index contributed by atoms with van der Waals surface area (Å²) in [6.07, 6.45) is 4.78. The zero-order chi connectivity index (χ0) is 21.4. The standard InChI is InChI=1S/C20H21N9O/c1-12-8-17(29(26-12)7-5-4-6-21)15-11-27(2)20(25-15)18-13-10-23-28(3)16(13)9-14(24-18)19(22)30/h8-11H,4-5,7H2,1-3H3,(H2,22,30). The first-order valence-corrected chi connectivity index (χ1v) is 9.47. The van der Waals surface area contributed by atoms with Gasteiger partial charge >= 0.3 is 0 Å². The Labute approximate surface area is 172 Å². The lowest BCUT2D eigenvalue weighted by atomic mass is 10.2. The average Bonchev–Trinajstić information content (AvgIpc) is 3.38. The van der Waals surface area contributed by atoms with Gasteiger partial charge in [-0.25, -0.2) is 9.97 Å². The van der Waals surface area contributed by atoms with Crippen LogP contribution < -0.4 is 5.73 Å². The van der Waals surface area contributed by atoms with E-state index in [0.29, 0.717) is 30.9 Å². The third-order valence-electron chi connectivity index (χ3n) is 4.91. The molecule has 0 unspecified atom stereocenters. The van der Waals surface area contributed by atoms with Gasteiger partial charge in [0.25, 0.3) is 5.91 Å². The lowest BCUT2D eigenvalue weighted by Crippen LogP contribution is -2.14. The summed E-state index contributed by atoms with van der Waals surface area (Å²) >= 11 is 0. The largest absolute Gasteiger partial charge is 0.364 e. The molecule has 0 aliphatic carbocycles. The maximum Gasteiger partial charge on any atom is 0.267 e. The lowest BCUT2D eigenvalue weighted by molar-refractivity contribution is 0.0996. The van der Waals surface area contributed by atoms with Gasteiger partial charge < -0.3 is 10.3 Å². The zero-order valence-corrected chi connectivity index (χ0v) is 17.0. The van der Waals surface area contributed by atoms with E-state index in [0.717, 1.165) is 28.0 Å². The number of pyridine rings is 1. The number of fused-ring (bicyclic) bond motifs is 1. The van der Waals surface area contributed by atoms with Crippen molar-refractivity contribution in [3.8, 4) is 29.0 Å². The Morgan fingerprint density at radius 3 is 2.80 bits per heavy atom. The SMILES string of the molecule is Cc1cc(-c2cn(C)c(-c3nc(C(N)=O)cc4c3cnn4C)n2)n(CCCC#N)n1. The van der Waals surface area contributed by atoms with Gasteiger partial charge in [-0.15, -0.1) is 0 Å². The van der Waals surface area contributed by atoms with Gasteiger partial charge in [-0.3, -0.25) is 14.2 Å². The second-order valence-corrected chi connectivity index (χ2v) is 7.14. The number of amides is 1. The lowest BCUT2D eigenvalue weighted by Gasteiger charge is -2.05. The smallest absolute Gasteiger partial charge is 0.267 e. The molecule has 0 fully saturated rings. The van der Waals surface area contributed by atoms with Crippen molar-refractivity contribution in [2.45, 2.75) is 26.3 Å². The summed E-state index contributed by atoms with van der Waals surface area (Å²) in [4.78, 5) is 21.1. The molecule has 10 heteroatoms. The van der Waals surface area contributed by atoms with Crippen molar-refractivity contribution < 1.29 is 4.79 Å². The average molecular weight is 403 g/mol. The number of primary amides is 1. The van der Waals surface area contributed by atoms with Crippen LogP contribution in [0.4, 0.5) is 0 Å². The quantitative estimate of drug-likeness (QED) is 0.489. The van der Waals surface area contributed by atoms with Gasteiger partial charge in [0, 0.05) is 38.6 Å². The Balaban J connectivity index is 1.84. The highest BCUT2D eigenvalue weighted by Gasteiger charge is 2.20. The van der Waals surface area contributed by atoms with Crippen molar-refractivity contribution in [1.29, 1.82) is 5.26 Å². The number of imidazole rings is 1. The van der Waals surface area contributed by atoms with Crippen LogP contribution in [0.25, 0.3) is 33.8 Å². The molecule has 30 heavy (non-hydrogen) atoms. The van der Waals surface area contributed by atoms with E-state index in [2.05, 4.69) is 21.3 Å². The van der Waals surface area contributed by atoms with Crippen LogP contribution in [0.2, 0.25) is 0 Å². The molecule has 4 rings (SSSR count). The number of hydrogen-bond acceptors (Lipinski definition) is 6. The summed E-state index contributed by atoms with van der Waals surface area (Å²) in [7, 11) is 3.67. The Kier molecular flexibility index (Phi) is 4.79. The highest BCUT2D eigenvalue weighted by molar-refractivity contribution is 5.99. The number of unbranched alkanes of at least 4 members (excludes halogenated alkanes) is 1. The first-order chi connectivity index (χ1) is 14.4. The van der Waals surface area contributed by atoms with E-state index in [9.17, 15) is 4.79 Å². The summed E-state index contributed by atoms with van der Waals surface area (Å²) in [6, 6.07) is 5.75. The molecule has 0 aliphatic rings. The monoisotopic (exact) mass is 403 g/mol. The Bertz CT molecular complexity index is 1300. The van der Waals surface area contributed by atoms with Gasteiger partial charge in [0.15, 0.2) is 5.82 Å². The molecule has 0 atom stereocenters. The maximum absolute atomic E-state index is 11.8. The van der Waals surface area contributed by atoms with Gasteiger partial charge in [0.2, 0.25) is 0 Å². The van der Waals surface area contributed by atoms with Crippen LogP contribution in [0, 0.1) is 18.3 Å². The van der Waals surface area contributed by atoms with E-state index in [-0.39, 0.29) is 5.69 Å². The van der Waals surface area contributed by atoms with Gasteiger partial charge in [-0.1, -0.05) is 0 Å². The fraction of sp³-hybridized carbons (Fsp3) is 0.300. The van der Waals surface area contributed by atoms with E-state index < -0.39 is 5.91 Å². The summed E-state index contributed by atoms with van der Waals surface area (Å²) in [5, 5.41) is 18.4. The van der Waals surface area contributed by atoms with E-state index in [4.69, 9.17) is 16.0 Å². The minimum atomic E-state index is -0.611. The zero-order valence-electron chi connectivity index (χ0n) is 17.0. The van der Waals surface area contributed by atoms with E-state index in [1.807, 2.05) is 35.5 Å². The van der Waals surface area contributed by atoms with Crippen LogP contribution in [0.15, 0.2) is 24.5 Å². The molecule has 2 N–H and O–H groups in total. The molecule has 0 aromatic carbocycles. The number of aromatic nitrogens is 7. The van der Waals surface area contributed by atoms with Gasteiger partial charge in [-0.2, -0.15) is 15.5 Å². The maximum atomic E-state index is 11.8. The fourth-order valence-electron chi connectivity index (χ4n) is 3.48. The number of nitriles is 1. The third kappa shape index (κ3) is 3.30. The third-order valence-corrected chi connectivity index (χ3v) is 4.91. The topological polar surface area (TPSA) is 133 Å². The molecule has 0 radical (unpaired) electrons. The molecular weight excluding hydrogens is 382 g/mol. The molecule has 10 nitrogen and oxygen atoms in total. The van der Waals surface area contributed by atoms with E-state index >= 15 is 0 Å². The van der Waals surface area contributed by atoms with Crippen LogP contribution >= 0.6 is 0 Å². The minimum absolute atomic E-state index is 0.156. The molecule has 0 spiro atoms. The normalized spacial score (nSPS) is 11.1. The molecule has 4 heterocycles. The predicted molar refractivity (Wildman–Crippen MR) is 110 cm³/mol. The summed E-state index contributed by atoms with van der Waals surface area (Å²) in [5.41, 5.74) is 9.40. The van der Waals surface area contributed by atoms with Crippen molar-refractivity contribution in [2.75, 3.05) is 0 Å². The highest BCUT2D eigenvalue weighted by atomic mass is 16.1. The van der Waals surface area contributed by atoms with Crippen LogP contribution in [-0.2, 0) is 20.6 Å². The van der Waals surface area contributed by atoms with Crippen molar-refractivity contribution in [3.05, 3.63) is 35.9 Å². The number of nitrogens with two attached hydrogens (primary N) is 1. The minimum Gasteiger partial charge on any atom is -0.364 e. The summed E-state index contributed by atoms with van der Waals surface area (Å²) in [5.74, 6) is -0.0199. The first kappa shape index (κ1) is 19.3. The van der Waals surface area contributed by atoms with Gasteiger partial charge in [0.05, 0.1) is 29.2 Å². The molecule has 0 aliphatic heterocycles. The molecular formula is C20H21N9O. The Hall–Kier alpha value is -4.00. The number of aryl methyl sites for hydroxylation is 4. The van der Waals surface area contributed by atoms with E-state index in [1.165, 1.54) is 0 Å². The molecule has 0 bridgehead atoms. The predicted octanol–water partition coefficient (Wildman–Crippen LogP) is 1.94. The van der Waals surface area contributed by atoms with Crippen molar-refractivity contribution in [1.82, 2.24) is 34.1 Å². The molecule has 152 valence electrons.